The lowest BCUT2D eigenvalue weighted by Crippen LogP contribution is -2.19. The summed E-state index contributed by atoms with van der Waals surface area (Å²) in [6.45, 7) is 1.90. The summed E-state index contributed by atoms with van der Waals surface area (Å²) in [5, 5.41) is 5.09. The molecule has 0 bridgehead atoms. The molecule has 0 radical (unpaired) electrons. The quantitative estimate of drug-likeness (QED) is 0.860. The van der Waals surface area contributed by atoms with Crippen molar-refractivity contribution in [2.45, 2.75) is 13.5 Å². The summed E-state index contributed by atoms with van der Waals surface area (Å²) in [5.41, 5.74) is 7.90. The highest BCUT2D eigenvalue weighted by molar-refractivity contribution is 7.13. The van der Waals surface area contributed by atoms with E-state index in [1.165, 1.54) is 18.3 Å². The number of amides is 1. The van der Waals surface area contributed by atoms with Crippen molar-refractivity contribution in [3.63, 3.8) is 0 Å². The normalized spacial score (nSPS) is 10.2. The Labute approximate surface area is 103 Å². The minimum Gasteiger partial charge on any atom is -0.375 e. The maximum absolute atomic E-state index is 10.8. The van der Waals surface area contributed by atoms with Crippen molar-refractivity contribution in [2.75, 3.05) is 5.73 Å². The number of anilines is 1. The van der Waals surface area contributed by atoms with E-state index in [-0.39, 0.29) is 5.91 Å². The van der Waals surface area contributed by atoms with Crippen molar-refractivity contribution in [2.24, 2.45) is 0 Å². The van der Waals surface area contributed by atoms with Crippen molar-refractivity contribution in [3.05, 3.63) is 29.3 Å². The van der Waals surface area contributed by atoms with E-state index in [0.717, 1.165) is 17.1 Å². The zero-order valence-electron chi connectivity index (χ0n) is 9.30. The first kappa shape index (κ1) is 11.5. The Kier molecular flexibility index (Phi) is 3.34. The van der Waals surface area contributed by atoms with Crippen LogP contribution in [0.3, 0.4) is 0 Å². The summed E-state index contributed by atoms with van der Waals surface area (Å²) in [5.74, 6) is -0.0740. The summed E-state index contributed by atoms with van der Waals surface area (Å²) in [4.78, 5) is 19.4. The second kappa shape index (κ2) is 4.92. The molecule has 0 fully saturated rings. The fourth-order valence-corrected chi connectivity index (χ4v) is 1.90. The van der Waals surface area contributed by atoms with Crippen LogP contribution in [-0.4, -0.2) is 15.9 Å². The van der Waals surface area contributed by atoms with Crippen LogP contribution in [0.4, 0.5) is 5.13 Å². The fraction of sp³-hybridized carbons (Fsp3) is 0.182. The SMILES string of the molecule is CC(=O)NCc1cccc(-c2csc(N)n2)n1. The van der Waals surface area contributed by atoms with Crippen LogP contribution in [0, 0.1) is 0 Å². The lowest BCUT2D eigenvalue weighted by Gasteiger charge is -2.03. The molecule has 88 valence electrons. The van der Waals surface area contributed by atoms with Gasteiger partial charge in [-0.3, -0.25) is 4.79 Å². The number of carbonyl (C=O) groups is 1. The predicted octanol–water partition coefficient (Wildman–Crippen LogP) is 1.42. The van der Waals surface area contributed by atoms with Crippen molar-refractivity contribution >= 4 is 22.4 Å². The second-order valence-electron chi connectivity index (χ2n) is 3.49. The number of aromatic nitrogens is 2. The van der Waals surface area contributed by atoms with E-state index in [1.54, 1.807) is 0 Å². The van der Waals surface area contributed by atoms with E-state index in [1.807, 2.05) is 23.6 Å². The maximum atomic E-state index is 10.8. The van der Waals surface area contributed by atoms with Crippen molar-refractivity contribution in [1.29, 1.82) is 0 Å². The largest absolute Gasteiger partial charge is 0.375 e. The van der Waals surface area contributed by atoms with Crippen LogP contribution >= 0.6 is 11.3 Å². The van der Waals surface area contributed by atoms with Crippen molar-refractivity contribution in [1.82, 2.24) is 15.3 Å². The number of nitrogens with one attached hydrogen (secondary N) is 1. The van der Waals surface area contributed by atoms with Gasteiger partial charge in [-0.2, -0.15) is 0 Å². The van der Waals surface area contributed by atoms with E-state index in [4.69, 9.17) is 5.73 Å². The van der Waals surface area contributed by atoms with E-state index < -0.39 is 0 Å². The van der Waals surface area contributed by atoms with E-state index >= 15 is 0 Å². The highest BCUT2D eigenvalue weighted by Crippen LogP contribution is 2.21. The zero-order valence-corrected chi connectivity index (χ0v) is 10.1. The molecule has 0 aromatic carbocycles. The summed E-state index contributed by atoms with van der Waals surface area (Å²) >= 11 is 1.38. The maximum Gasteiger partial charge on any atom is 0.217 e. The first-order valence-electron chi connectivity index (χ1n) is 5.07. The van der Waals surface area contributed by atoms with Crippen LogP contribution in [0.2, 0.25) is 0 Å². The predicted molar refractivity (Wildman–Crippen MR) is 67.3 cm³/mol. The molecule has 0 aliphatic heterocycles. The summed E-state index contributed by atoms with van der Waals surface area (Å²) in [6, 6.07) is 5.61. The number of pyridine rings is 1. The Morgan fingerprint density at radius 3 is 2.88 bits per heavy atom. The second-order valence-corrected chi connectivity index (χ2v) is 4.38. The third kappa shape index (κ3) is 3.01. The lowest BCUT2D eigenvalue weighted by molar-refractivity contribution is -0.119. The van der Waals surface area contributed by atoms with Gasteiger partial charge in [-0.25, -0.2) is 9.97 Å². The standard InChI is InChI=1S/C11H12N4OS/c1-7(16)13-5-8-3-2-4-9(14-8)10-6-17-11(12)15-10/h2-4,6H,5H2,1H3,(H2,12,15)(H,13,16). The molecule has 6 heteroatoms. The van der Waals surface area contributed by atoms with Crippen LogP contribution in [-0.2, 0) is 11.3 Å². The molecule has 0 atom stereocenters. The summed E-state index contributed by atoms with van der Waals surface area (Å²) < 4.78 is 0. The van der Waals surface area contributed by atoms with Gasteiger partial charge in [-0.1, -0.05) is 6.07 Å². The third-order valence-electron chi connectivity index (χ3n) is 2.11. The number of nitrogen functional groups attached to an aromatic ring is 1. The smallest absolute Gasteiger partial charge is 0.217 e. The van der Waals surface area contributed by atoms with Crippen LogP contribution < -0.4 is 11.1 Å². The number of nitrogens with zero attached hydrogens (tertiary/aromatic N) is 2. The van der Waals surface area contributed by atoms with Gasteiger partial charge in [0, 0.05) is 12.3 Å². The van der Waals surface area contributed by atoms with Gasteiger partial charge in [-0.05, 0) is 12.1 Å². The van der Waals surface area contributed by atoms with Gasteiger partial charge in [0.25, 0.3) is 0 Å². The molecular formula is C11H12N4OS. The first-order valence-corrected chi connectivity index (χ1v) is 5.95. The Hall–Kier alpha value is -1.95. The molecule has 5 nitrogen and oxygen atoms in total. The van der Waals surface area contributed by atoms with Crippen LogP contribution in [0.15, 0.2) is 23.6 Å². The third-order valence-corrected chi connectivity index (χ3v) is 2.78. The molecule has 0 aliphatic rings. The van der Waals surface area contributed by atoms with Crippen LogP contribution in [0.5, 0.6) is 0 Å². The number of rotatable bonds is 3. The molecule has 0 spiro atoms. The average molecular weight is 248 g/mol. The number of nitrogens with two attached hydrogens (primary N) is 1. The minimum absolute atomic E-state index is 0.0740. The lowest BCUT2D eigenvalue weighted by atomic mass is 10.2. The Balaban J connectivity index is 2.19. The molecular weight excluding hydrogens is 236 g/mol. The molecule has 1 amide bonds. The molecule has 2 aromatic rings. The molecule has 0 saturated carbocycles. The van der Waals surface area contributed by atoms with Gasteiger partial charge >= 0.3 is 0 Å². The fourth-order valence-electron chi connectivity index (χ4n) is 1.34. The highest BCUT2D eigenvalue weighted by Gasteiger charge is 2.05. The minimum atomic E-state index is -0.0740. The summed E-state index contributed by atoms with van der Waals surface area (Å²) in [6.07, 6.45) is 0. The van der Waals surface area contributed by atoms with Gasteiger partial charge in [0.05, 0.1) is 17.9 Å². The highest BCUT2D eigenvalue weighted by atomic mass is 32.1. The van der Waals surface area contributed by atoms with Crippen LogP contribution in [0.1, 0.15) is 12.6 Å². The number of thiazole rings is 1. The molecule has 3 N–H and O–H groups in total. The average Bonchev–Trinajstić information content (AvgIpc) is 2.74. The zero-order chi connectivity index (χ0) is 12.3. The molecule has 2 heterocycles. The molecule has 0 aliphatic carbocycles. The van der Waals surface area contributed by atoms with E-state index in [9.17, 15) is 4.79 Å². The number of carbonyl (C=O) groups excluding carboxylic acids is 1. The molecule has 0 saturated heterocycles. The van der Waals surface area contributed by atoms with Crippen molar-refractivity contribution < 1.29 is 4.79 Å². The Morgan fingerprint density at radius 1 is 1.41 bits per heavy atom. The topological polar surface area (TPSA) is 80.9 Å². The molecule has 0 unspecified atom stereocenters. The monoisotopic (exact) mass is 248 g/mol. The Bertz CT molecular complexity index is 538. The van der Waals surface area contributed by atoms with E-state index in [2.05, 4.69) is 15.3 Å². The van der Waals surface area contributed by atoms with Gasteiger partial charge in [0.15, 0.2) is 5.13 Å². The first-order chi connectivity index (χ1) is 8.15. The van der Waals surface area contributed by atoms with Gasteiger partial charge < -0.3 is 11.1 Å². The molecule has 2 aromatic heterocycles. The van der Waals surface area contributed by atoms with Crippen LogP contribution in [0.25, 0.3) is 11.4 Å². The number of hydrogen-bond acceptors (Lipinski definition) is 5. The Morgan fingerprint density at radius 2 is 2.24 bits per heavy atom. The van der Waals surface area contributed by atoms with E-state index in [0.29, 0.717) is 11.7 Å². The molecule has 2 rings (SSSR count). The summed E-state index contributed by atoms with van der Waals surface area (Å²) in [7, 11) is 0. The van der Waals surface area contributed by atoms with Gasteiger partial charge in [0.1, 0.15) is 5.69 Å². The van der Waals surface area contributed by atoms with Crippen molar-refractivity contribution in [3.8, 4) is 11.4 Å². The van der Waals surface area contributed by atoms with Gasteiger partial charge in [0.2, 0.25) is 5.91 Å². The number of hydrogen-bond donors (Lipinski definition) is 2. The molecule has 17 heavy (non-hydrogen) atoms. The van der Waals surface area contributed by atoms with Gasteiger partial charge in [-0.15, -0.1) is 11.3 Å².